The van der Waals surface area contributed by atoms with Gasteiger partial charge in [-0.1, -0.05) is 43.7 Å². The number of amides is 1. The fourth-order valence-electron chi connectivity index (χ4n) is 4.06. The van der Waals surface area contributed by atoms with Gasteiger partial charge in [0.1, 0.15) is 0 Å². The highest BCUT2D eigenvalue weighted by molar-refractivity contribution is 6.02. The van der Waals surface area contributed by atoms with Gasteiger partial charge in [0, 0.05) is 29.3 Å². The van der Waals surface area contributed by atoms with Crippen molar-refractivity contribution in [3.05, 3.63) is 67.4 Å². The molecule has 1 heterocycles. The average Bonchev–Trinajstić information content (AvgIpc) is 3.36. The molecule has 2 aromatic carbocycles. The van der Waals surface area contributed by atoms with E-state index in [0.717, 1.165) is 23.3 Å². The Kier molecular flexibility index (Phi) is 4.61. The van der Waals surface area contributed by atoms with E-state index in [1.54, 1.807) is 0 Å². The number of nitrogens with zero attached hydrogens (tertiary/aromatic N) is 1. The molecule has 1 saturated carbocycles. The van der Waals surface area contributed by atoms with Crippen molar-refractivity contribution < 1.29 is 4.79 Å². The first-order chi connectivity index (χ1) is 12.8. The average molecular weight is 344 g/mol. The molecule has 3 heteroatoms. The zero-order chi connectivity index (χ0) is 17.9. The number of rotatable bonds is 5. The number of H-pyrrole nitrogens is 1. The molecule has 1 fully saturated rings. The third kappa shape index (κ3) is 3.17. The number of hydrogen-bond acceptors (Lipinski definition) is 1. The van der Waals surface area contributed by atoms with Crippen LogP contribution in [-0.2, 0) is 4.79 Å². The number of aromatic amines is 1. The lowest BCUT2D eigenvalue weighted by Gasteiger charge is -2.25. The number of hydrogen-bond donors (Lipinski definition) is 1. The molecule has 3 nitrogen and oxygen atoms in total. The van der Waals surface area contributed by atoms with Crippen LogP contribution in [0.2, 0.25) is 0 Å². The number of benzene rings is 2. The van der Waals surface area contributed by atoms with Gasteiger partial charge in [0.05, 0.1) is 0 Å². The van der Waals surface area contributed by atoms with Gasteiger partial charge in [-0.25, -0.2) is 0 Å². The normalized spacial score (nSPS) is 14.6. The van der Waals surface area contributed by atoms with E-state index in [1.807, 2.05) is 23.2 Å². The third-order valence-electron chi connectivity index (χ3n) is 5.42. The smallest absolute Gasteiger partial charge is 0.250 e. The predicted octanol–water partition coefficient (Wildman–Crippen LogP) is 5.54. The molecule has 1 aromatic heterocycles. The fourth-order valence-corrected chi connectivity index (χ4v) is 4.06. The van der Waals surface area contributed by atoms with Gasteiger partial charge in [0.25, 0.3) is 0 Å². The summed E-state index contributed by atoms with van der Waals surface area (Å²) in [6, 6.07) is 16.7. The summed E-state index contributed by atoms with van der Waals surface area (Å²) >= 11 is 0. The molecule has 26 heavy (non-hydrogen) atoms. The van der Waals surface area contributed by atoms with Gasteiger partial charge in [0.2, 0.25) is 5.91 Å². The molecule has 3 aromatic rings. The lowest BCUT2D eigenvalue weighted by Crippen LogP contribution is -2.33. The zero-order valence-corrected chi connectivity index (χ0v) is 14.9. The van der Waals surface area contributed by atoms with Crippen LogP contribution < -0.4 is 4.90 Å². The van der Waals surface area contributed by atoms with Gasteiger partial charge in [0.15, 0.2) is 0 Å². The second-order valence-electron chi connectivity index (χ2n) is 7.10. The van der Waals surface area contributed by atoms with E-state index < -0.39 is 0 Å². The number of carbonyl (C=O) groups is 1. The summed E-state index contributed by atoms with van der Waals surface area (Å²) in [7, 11) is 0. The van der Waals surface area contributed by atoms with Crippen LogP contribution >= 0.6 is 0 Å². The molecule has 0 saturated heterocycles. The van der Waals surface area contributed by atoms with E-state index >= 15 is 0 Å². The molecule has 132 valence electrons. The second-order valence-corrected chi connectivity index (χ2v) is 7.10. The topological polar surface area (TPSA) is 36.1 Å². The molecular formula is C23H24N2O. The summed E-state index contributed by atoms with van der Waals surface area (Å²) < 4.78 is 0. The number of aromatic nitrogens is 1. The maximum atomic E-state index is 12.5. The maximum absolute atomic E-state index is 12.5. The minimum absolute atomic E-state index is 0.0195. The van der Waals surface area contributed by atoms with Crippen LogP contribution in [0.3, 0.4) is 0 Å². The highest BCUT2D eigenvalue weighted by atomic mass is 16.2. The van der Waals surface area contributed by atoms with Crippen LogP contribution in [0.1, 0.15) is 25.7 Å². The van der Waals surface area contributed by atoms with E-state index in [-0.39, 0.29) is 5.91 Å². The molecule has 0 radical (unpaired) electrons. The lowest BCUT2D eigenvalue weighted by atomic mass is 10.0. The Hall–Kier alpha value is -2.81. The fraction of sp³-hybridized carbons (Fsp3) is 0.261. The van der Waals surface area contributed by atoms with E-state index in [1.165, 1.54) is 42.7 Å². The second kappa shape index (κ2) is 7.20. The molecule has 0 unspecified atom stereocenters. The summed E-state index contributed by atoms with van der Waals surface area (Å²) in [5.41, 5.74) is 4.38. The molecule has 4 rings (SSSR count). The molecule has 1 aliphatic carbocycles. The lowest BCUT2D eigenvalue weighted by molar-refractivity contribution is -0.114. The van der Waals surface area contributed by atoms with E-state index in [9.17, 15) is 4.79 Å². The standard InChI is InChI=1S/C23H24N2O/c1-2-23(26)25(16-17-7-3-4-8-17)19-10-5-9-18(15-19)20-11-6-12-22-21(20)13-14-24-22/h2,5-6,9-15,17,24H,1,3-4,7-8,16H2. The van der Waals surface area contributed by atoms with Crippen molar-refractivity contribution in [2.75, 3.05) is 11.4 Å². The van der Waals surface area contributed by atoms with Crippen molar-refractivity contribution in [3.8, 4) is 11.1 Å². The summed E-state index contributed by atoms with van der Waals surface area (Å²) in [6.07, 6.45) is 8.36. The third-order valence-corrected chi connectivity index (χ3v) is 5.42. The van der Waals surface area contributed by atoms with E-state index in [0.29, 0.717) is 5.92 Å². The first kappa shape index (κ1) is 16.6. The molecular weight excluding hydrogens is 320 g/mol. The monoisotopic (exact) mass is 344 g/mol. The largest absolute Gasteiger partial charge is 0.361 e. The molecule has 1 N–H and O–H groups in total. The predicted molar refractivity (Wildman–Crippen MR) is 108 cm³/mol. The van der Waals surface area contributed by atoms with Crippen LogP contribution in [0.4, 0.5) is 5.69 Å². The Balaban J connectivity index is 1.71. The Labute approximate surface area is 154 Å². The first-order valence-electron chi connectivity index (χ1n) is 9.37. The Bertz CT molecular complexity index is 934. The molecule has 1 aliphatic rings. The minimum Gasteiger partial charge on any atom is -0.361 e. The van der Waals surface area contributed by atoms with Crippen LogP contribution in [0.25, 0.3) is 22.0 Å². The van der Waals surface area contributed by atoms with Crippen LogP contribution in [-0.4, -0.2) is 17.4 Å². The van der Waals surface area contributed by atoms with Crippen molar-refractivity contribution in [1.29, 1.82) is 0 Å². The van der Waals surface area contributed by atoms with E-state index in [2.05, 4.69) is 48.0 Å². The van der Waals surface area contributed by atoms with Gasteiger partial charge >= 0.3 is 0 Å². The first-order valence-corrected chi connectivity index (χ1v) is 9.37. The molecule has 1 amide bonds. The number of anilines is 1. The van der Waals surface area contributed by atoms with Gasteiger partial charge in [-0.05, 0) is 60.2 Å². The summed E-state index contributed by atoms with van der Waals surface area (Å²) in [5.74, 6) is 0.574. The highest BCUT2D eigenvalue weighted by Gasteiger charge is 2.22. The Morgan fingerprint density at radius 2 is 1.96 bits per heavy atom. The van der Waals surface area contributed by atoms with Crippen LogP contribution in [0, 0.1) is 5.92 Å². The Morgan fingerprint density at radius 3 is 2.77 bits per heavy atom. The quantitative estimate of drug-likeness (QED) is 0.606. The molecule has 0 aliphatic heterocycles. The van der Waals surface area contributed by atoms with Crippen molar-refractivity contribution in [2.24, 2.45) is 5.92 Å². The van der Waals surface area contributed by atoms with Crippen LogP contribution in [0.5, 0.6) is 0 Å². The van der Waals surface area contributed by atoms with Crippen molar-refractivity contribution in [2.45, 2.75) is 25.7 Å². The summed E-state index contributed by atoms with van der Waals surface area (Å²) in [5, 5.41) is 1.20. The molecule has 0 atom stereocenters. The summed E-state index contributed by atoms with van der Waals surface area (Å²) in [6.45, 7) is 4.48. The number of fused-ring (bicyclic) bond motifs is 1. The zero-order valence-electron chi connectivity index (χ0n) is 14.9. The number of nitrogens with one attached hydrogen (secondary N) is 1. The number of carbonyl (C=O) groups excluding carboxylic acids is 1. The van der Waals surface area contributed by atoms with Crippen molar-refractivity contribution in [1.82, 2.24) is 4.98 Å². The SMILES string of the molecule is C=CC(=O)N(CC1CCCC1)c1cccc(-c2cccc3[nH]ccc23)c1. The molecule has 0 bridgehead atoms. The highest BCUT2D eigenvalue weighted by Crippen LogP contribution is 2.32. The van der Waals surface area contributed by atoms with Crippen LogP contribution in [0.15, 0.2) is 67.4 Å². The molecule has 0 spiro atoms. The van der Waals surface area contributed by atoms with Gasteiger partial charge in [-0.15, -0.1) is 0 Å². The van der Waals surface area contributed by atoms with Gasteiger partial charge < -0.3 is 9.88 Å². The van der Waals surface area contributed by atoms with Crippen molar-refractivity contribution in [3.63, 3.8) is 0 Å². The van der Waals surface area contributed by atoms with Crippen molar-refractivity contribution >= 4 is 22.5 Å². The maximum Gasteiger partial charge on any atom is 0.250 e. The van der Waals surface area contributed by atoms with Gasteiger partial charge in [-0.2, -0.15) is 0 Å². The summed E-state index contributed by atoms with van der Waals surface area (Å²) in [4.78, 5) is 17.7. The minimum atomic E-state index is -0.0195. The Morgan fingerprint density at radius 1 is 1.15 bits per heavy atom. The van der Waals surface area contributed by atoms with Gasteiger partial charge in [-0.3, -0.25) is 4.79 Å². The van der Waals surface area contributed by atoms with E-state index in [4.69, 9.17) is 0 Å².